The molecule has 1 aromatic heterocycles. The van der Waals surface area contributed by atoms with Crippen molar-refractivity contribution in [1.29, 1.82) is 0 Å². The standard InChI is InChI=1S/C10H16N4O3/c1-3-14(2)10(17)13-8(9(15)16)4-7-5-11-6-12-7/h5-6,8H,3-4H2,1-2H3,(H,11,12)(H,13,17)(H,15,16)/t8-/m0/s1. The molecule has 0 saturated carbocycles. The lowest BCUT2D eigenvalue weighted by atomic mass is 10.1. The number of rotatable bonds is 5. The van der Waals surface area contributed by atoms with Crippen LogP contribution in [-0.2, 0) is 11.2 Å². The van der Waals surface area contributed by atoms with E-state index in [4.69, 9.17) is 5.11 Å². The van der Waals surface area contributed by atoms with Crippen LogP contribution in [0.4, 0.5) is 4.79 Å². The third kappa shape index (κ3) is 3.78. The molecule has 0 saturated heterocycles. The first kappa shape index (κ1) is 13.0. The summed E-state index contributed by atoms with van der Waals surface area (Å²) in [7, 11) is 1.60. The van der Waals surface area contributed by atoms with Crippen LogP contribution in [0.25, 0.3) is 0 Å². The number of aromatic nitrogens is 2. The molecule has 7 heteroatoms. The molecule has 0 spiro atoms. The molecule has 0 aromatic carbocycles. The zero-order valence-corrected chi connectivity index (χ0v) is 9.80. The van der Waals surface area contributed by atoms with E-state index < -0.39 is 18.0 Å². The van der Waals surface area contributed by atoms with E-state index in [9.17, 15) is 9.59 Å². The number of H-pyrrole nitrogens is 1. The molecule has 1 aromatic rings. The summed E-state index contributed by atoms with van der Waals surface area (Å²) in [5.74, 6) is -1.07. The highest BCUT2D eigenvalue weighted by atomic mass is 16.4. The molecule has 94 valence electrons. The summed E-state index contributed by atoms with van der Waals surface area (Å²) < 4.78 is 0. The van der Waals surface area contributed by atoms with Crippen molar-refractivity contribution >= 4 is 12.0 Å². The van der Waals surface area contributed by atoms with Gasteiger partial charge in [0.1, 0.15) is 6.04 Å². The number of carbonyl (C=O) groups is 2. The Morgan fingerprint density at radius 2 is 2.35 bits per heavy atom. The Balaban J connectivity index is 2.61. The molecule has 1 heterocycles. The lowest BCUT2D eigenvalue weighted by Crippen LogP contribution is -2.47. The van der Waals surface area contributed by atoms with E-state index in [-0.39, 0.29) is 6.42 Å². The Labute approximate surface area is 98.8 Å². The van der Waals surface area contributed by atoms with E-state index in [0.29, 0.717) is 12.2 Å². The number of carboxylic acids is 1. The van der Waals surface area contributed by atoms with Crippen LogP contribution < -0.4 is 5.32 Å². The molecule has 7 nitrogen and oxygen atoms in total. The highest BCUT2D eigenvalue weighted by Gasteiger charge is 2.22. The fourth-order valence-electron chi connectivity index (χ4n) is 1.22. The van der Waals surface area contributed by atoms with Crippen molar-refractivity contribution in [2.24, 2.45) is 0 Å². The summed E-state index contributed by atoms with van der Waals surface area (Å²) in [5.41, 5.74) is 0.664. The van der Waals surface area contributed by atoms with Gasteiger partial charge in [-0.3, -0.25) is 0 Å². The molecule has 3 N–H and O–H groups in total. The van der Waals surface area contributed by atoms with Crippen molar-refractivity contribution in [2.45, 2.75) is 19.4 Å². The number of carbonyl (C=O) groups excluding carboxylic acids is 1. The number of aromatic amines is 1. The zero-order chi connectivity index (χ0) is 12.8. The maximum absolute atomic E-state index is 11.5. The number of urea groups is 1. The van der Waals surface area contributed by atoms with Crippen LogP contribution in [-0.4, -0.2) is 51.6 Å². The normalized spacial score (nSPS) is 11.9. The second-order valence-electron chi connectivity index (χ2n) is 3.64. The molecule has 0 fully saturated rings. The van der Waals surface area contributed by atoms with Crippen molar-refractivity contribution in [3.05, 3.63) is 18.2 Å². The van der Waals surface area contributed by atoms with Crippen molar-refractivity contribution in [3.63, 3.8) is 0 Å². The third-order valence-electron chi connectivity index (χ3n) is 2.40. The second kappa shape index (κ2) is 5.88. The number of nitrogens with one attached hydrogen (secondary N) is 2. The minimum absolute atomic E-state index is 0.179. The number of hydrogen-bond acceptors (Lipinski definition) is 3. The van der Waals surface area contributed by atoms with Crippen molar-refractivity contribution in [1.82, 2.24) is 20.2 Å². The van der Waals surface area contributed by atoms with Crippen LogP contribution in [0.3, 0.4) is 0 Å². The van der Waals surface area contributed by atoms with E-state index >= 15 is 0 Å². The zero-order valence-electron chi connectivity index (χ0n) is 9.80. The fourth-order valence-corrected chi connectivity index (χ4v) is 1.22. The van der Waals surface area contributed by atoms with Crippen molar-refractivity contribution in [2.75, 3.05) is 13.6 Å². The third-order valence-corrected chi connectivity index (χ3v) is 2.40. The fraction of sp³-hybridized carbons (Fsp3) is 0.500. The van der Waals surface area contributed by atoms with Crippen LogP contribution in [0, 0.1) is 0 Å². The minimum atomic E-state index is -1.07. The highest BCUT2D eigenvalue weighted by Crippen LogP contribution is 1.99. The Morgan fingerprint density at radius 1 is 1.65 bits per heavy atom. The summed E-state index contributed by atoms with van der Waals surface area (Å²) in [6.45, 7) is 2.33. The first-order valence-corrected chi connectivity index (χ1v) is 5.26. The minimum Gasteiger partial charge on any atom is -0.480 e. The number of hydrogen-bond donors (Lipinski definition) is 3. The van der Waals surface area contributed by atoms with E-state index in [2.05, 4.69) is 15.3 Å². The van der Waals surface area contributed by atoms with Gasteiger partial charge in [-0.05, 0) is 6.92 Å². The van der Waals surface area contributed by atoms with Gasteiger partial charge in [0, 0.05) is 31.9 Å². The lowest BCUT2D eigenvalue weighted by Gasteiger charge is -2.19. The van der Waals surface area contributed by atoms with Gasteiger partial charge in [0.25, 0.3) is 0 Å². The first-order valence-electron chi connectivity index (χ1n) is 5.26. The lowest BCUT2D eigenvalue weighted by molar-refractivity contribution is -0.139. The van der Waals surface area contributed by atoms with Gasteiger partial charge in [-0.1, -0.05) is 0 Å². The number of imidazole rings is 1. The Bertz CT molecular complexity index is 377. The molecule has 0 aliphatic heterocycles. The highest BCUT2D eigenvalue weighted by molar-refractivity contribution is 5.82. The Hall–Kier alpha value is -2.05. The molecule has 2 amide bonds. The van der Waals surface area contributed by atoms with E-state index in [1.54, 1.807) is 7.05 Å². The van der Waals surface area contributed by atoms with Gasteiger partial charge >= 0.3 is 12.0 Å². The van der Waals surface area contributed by atoms with Gasteiger partial charge < -0.3 is 20.3 Å². The quantitative estimate of drug-likeness (QED) is 0.678. The summed E-state index contributed by atoms with van der Waals surface area (Å²) in [6, 6.07) is -1.36. The van der Waals surface area contributed by atoms with Crippen LogP contribution in [0.1, 0.15) is 12.6 Å². The number of amides is 2. The van der Waals surface area contributed by atoms with Crippen LogP contribution in [0.15, 0.2) is 12.5 Å². The molecule has 0 bridgehead atoms. The van der Waals surface area contributed by atoms with Crippen molar-refractivity contribution in [3.8, 4) is 0 Å². The van der Waals surface area contributed by atoms with E-state index in [0.717, 1.165) is 0 Å². The average Bonchev–Trinajstić information content (AvgIpc) is 2.79. The molecule has 1 rings (SSSR count). The molecular weight excluding hydrogens is 224 g/mol. The van der Waals surface area contributed by atoms with Gasteiger partial charge in [0.15, 0.2) is 0 Å². The maximum Gasteiger partial charge on any atom is 0.326 e. The van der Waals surface area contributed by atoms with Crippen LogP contribution in [0.5, 0.6) is 0 Å². The van der Waals surface area contributed by atoms with Gasteiger partial charge in [-0.2, -0.15) is 0 Å². The SMILES string of the molecule is CCN(C)C(=O)N[C@@H](Cc1cnc[nH]1)C(=O)O. The van der Waals surface area contributed by atoms with Gasteiger partial charge in [-0.15, -0.1) is 0 Å². The topological polar surface area (TPSA) is 98.3 Å². The monoisotopic (exact) mass is 240 g/mol. The second-order valence-corrected chi connectivity index (χ2v) is 3.64. The molecule has 17 heavy (non-hydrogen) atoms. The predicted molar refractivity (Wildman–Crippen MR) is 60.6 cm³/mol. The molecule has 0 radical (unpaired) electrons. The maximum atomic E-state index is 11.5. The van der Waals surface area contributed by atoms with Gasteiger partial charge in [0.05, 0.1) is 6.33 Å². The van der Waals surface area contributed by atoms with Gasteiger partial charge in [-0.25, -0.2) is 14.6 Å². The molecule has 1 atom stereocenters. The summed E-state index contributed by atoms with van der Waals surface area (Å²) in [4.78, 5) is 30.5. The summed E-state index contributed by atoms with van der Waals surface area (Å²) >= 11 is 0. The molecule has 0 aliphatic rings. The van der Waals surface area contributed by atoms with E-state index in [1.807, 2.05) is 6.92 Å². The largest absolute Gasteiger partial charge is 0.480 e. The number of nitrogens with zero attached hydrogens (tertiary/aromatic N) is 2. The van der Waals surface area contributed by atoms with E-state index in [1.165, 1.54) is 17.4 Å². The summed E-state index contributed by atoms with van der Waals surface area (Å²) in [5, 5.41) is 11.5. The Kier molecular flexibility index (Phi) is 4.50. The molecule has 0 aliphatic carbocycles. The number of carboxylic acid groups (broad SMARTS) is 1. The summed E-state index contributed by atoms with van der Waals surface area (Å²) in [6.07, 6.45) is 3.18. The predicted octanol–water partition coefficient (Wildman–Crippen LogP) is 0.0667. The van der Waals surface area contributed by atoms with Crippen LogP contribution in [0.2, 0.25) is 0 Å². The van der Waals surface area contributed by atoms with Crippen molar-refractivity contribution < 1.29 is 14.7 Å². The van der Waals surface area contributed by atoms with Crippen LogP contribution >= 0.6 is 0 Å². The average molecular weight is 240 g/mol. The smallest absolute Gasteiger partial charge is 0.326 e. The Morgan fingerprint density at radius 3 is 2.82 bits per heavy atom. The molecular formula is C10H16N4O3. The first-order chi connectivity index (χ1) is 8.04. The molecule has 0 unspecified atom stereocenters. The van der Waals surface area contributed by atoms with Gasteiger partial charge in [0.2, 0.25) is 0 Å². The number of aliphatic carboxylic acids is 1.